The van der Waals surface area contributed by atoms with Gasteiger partial charge in [0.15, 0.2) is 11.7 Å². The van der Waals surface area contributed by atoms with Gasteiger partial charge >= 0.3 is 0 Å². The fraction of sp³-hybridized carbons (Fsp3) is 0.0800. The molecule has 0 atom stereocenters. The van der Waals surface area contributed by atoms with Crippen molar-refractivity contribution in [1.82, 2.24) is 9.97 Å². The second-order valence-corrected chi connectivity index (χ2v) is 8.22. The number of hydrogen-bond donors (Lipinski definition) is 0. The lowest BCUT2D eigenvalue weighted by Crippen LogP contribution is -2.34. The molecule has 5 nitrogen and oxygen atoms in total. The smallest absolute Gasteiger partial charge is 0.267 e. The van der Waals surface area contributed by atoms with Gasteiger partial charge in [-0.25, -0.2) is 9.37 Å². The maximum Gasteiger partial charge on any atom is 0.267 e. The molecule has 5 rings (SSSR count). The number of anilines is 1. The predicted molar refractivity (Wildman–Crippen MR) is 124 cm³/mol. The summed E-state index contributed by atoms with van der Waals surface area (Å²) in [5.74, 6) is 0.0134. The molecule has 3 aromatic carbocycles. The number of hydrogen-bond acceptors (Lipinski definition) is 5. The lowest BCUT2D eigenvalue weighted by molar-refractivity contribution is -0.120. The average Bonchev–Trinajstić information content (AvgIpc) is 3.24. The van der Waals surface area contributed by atoms with Gasteiger partial charge < -0.3 is 4.74 Å². The van der Waals surface area contributed by atoms with Crippen molar-refractivity contribution in [3.05, 3.63) is 96.6 Å². The molecule has 32 heavy (non-hydrogen) atoms. The lowest BCUT2D eigenvalue weighted by atomic mass is 10.1. The van der Waals surface area contributed by atoms with Gasteiger partial charge in [-0.2, -0.15) is 0 Å². The Morgan fingerprint density at radius 3 is 2.66 bits per heavy atom. The van der Waals surface area contributed by atoms with E-state index < -0.39 is 0 Å². The van der Waals surface area contributed by atoms with Crippen molar-refractivity contribution in [3.8, 4) is 5.75 Å². The first-order valence-electron chi connectivity index (χ1n) is 10.0. The van der Waals surface area contributed by atoms with Crippen LogP contribution in [0.4, 0.5) is 9.52 Å². The molecule has 5 aromatic rings. The average molecular weight is 444 g/mol. The van der Waals surface area contributed by atoms with Gasteiger partial charge in [-0.05, 0) is 53.2 Å². The van der Waals surface area contributed by atoms with E-state index >= 15 is 0 Å². The number of carbonyl (C=O) groups is 1. The zero-order chi connectivity index (χ0) is 21.9. The molecule has 0 saturated carbocycles. The number of benzene rings is 3. The van der Waals surface area contributed by atoms with Crippen LogP contribution in [0.2, 0.25) is 0 Å². The largest absolute Gasteiger partial charge is 0.484 e. The van der Waals surface area contributed by atoms with E-state index in [9.17, 15) is 9.18 Å². The third kappa shape index (κ3) is 4.29. The summed E-state index contributed by atoms with van der Waals surface area (Å²) in [5.41, 5.74) is 1.36. The van der Waals surface area contributed by atoms with Crippen LogP contribution >= 0.6 is 11.3 Å². The van der Waals surface area contributed by atoms with Crippen molar-refractivity contribution in [2.24, 2.45) is 0 Å². The van der Waals surface area contributed by atoms with E-state index in [0.29, 0.717) is 21.1 Å². The molecule has 1 amide bonds. The van der Waals surface area contributed by atoms with Crippen LogP contribution in [-0.2, 0) is 11.3 Å². The Balaban J connectivity index is 1.41. The lowest BCUT2D eigenvalue weighted by Gasteiger charge is -2.19. The van der Waals surface area contributed by atoms with Crippen molar-refractivity contribution >= 4 is 43.4 Å². The number of carbonyl (C=O) groups excluding carboxylic acids is 1. The van der Waals surface area contributed by atoms with E-state index in [1.807, 2.05) is 60.7 Å². The van der Waals surface area contributed by atoms with Crippen molar-refractivity contribution < 1.29 is 13.9 Å². The maximum absolute atomic E-state index is 13.6. The summed E-state index contributed by atoms with van der Waals surface area (Å²) in [6, 6.07) is 23.6. The number of thiazole rings is 1. The number of aromatic nitrogens is 2. The zero-order valence-electron chi connectivity index (χ0n) is 16.9. The Hall–Kier alpha value is -3.84. The monoisotopic (exact) mass is 443 g/mol. The topological polar surface area (TPSA) is 55.3 Å². The van der Waals surface area contributed by atoms with E-state index in [1.54, 1.807) is 12.3 Å². The molecule has 0 unspecified atom stereocenters. The Morgan fingerprint density at radius 1 is 0.969 bits per heavy atom. The molecule has 2 aromatic heterocycles. The summed E-state index contributed by atoms with van der Waals surface area (Å²) >= 11 is 1.26. The molecule has 0 N–H and O–H groups in total. The number of ether oxygens (including phenoxy) is 1. The number of pyridine rings is 1. The molecule has 0 saturated heterocycles. The summed E-state index contributed by atoms with van der Waals surface area (Å²) < 4.78 is 20.1. The Bertz CT molecular complexity index is 1400. The molecule has 0 aliphatic carbocycles. The van der Waals surface area contributed by atoms with Crippen LogP contribution < -0.4 is 9.64 Å². The van der Waals surface area contributed by atoms with Gasteiger partial charge in [-0.3, -0.25) is 14.7 Å². The van der Waals surface area contributed by atoms with Crippen LogP contribution in [0, 0.1) is 5.82 Å². The van der Waals surface area contributed by atoms with E-state index in [4.69, 9.17) is 4.74 Å². The van der Waals surface area contributed by atoms with Gasteiger partial charge in [-0.15, -0.1) is 0 Å². The van der Waals surface area contributed by atoms with Crippen molar-refractivity contribution in [2.75, 3.05) is 11.5 Å². The van der Waals surface area contributed by atoms with E-state index in [2.05, 4.69) is 9.97 Å². The molecule has 0 spiro atoms. The summed E-state index contributed by atoms with van der Waals surface area (Å²) in [6.45, 7) is 0.0819. The highest BCUT2D eigenvalue weighted by Gasteiger charge is 2.21. The summed E-state index contributed by atoms with van der Waals surface area (Å²) in [5, 5.41) is 2.61. The van der Waals surface area contributed by atoms with Crippen LogP contribution in [0.1, 0.15) is 5.69 Å². The zero-order valence-corrected chi connectivity index (χ0v) is 17.8. The first-order valence-corrected chi connectivity index (χ1v) is 10.9. The minimum absolute atomic E-state index is 0.157. The molecule has 158 valence electrons. The van der Waals surface area contributed by atoms with Crippen LogP contribution in [0.25, 0.3) is 21.0 Å². The molecule has 7 heteroatoms. The van der Waals surface area contributed by atoms with E-state index in [-0.39, 0.29) is 24.9 Å². The number of rotatable bonds is 6. The Morgan fingerprint density at radius 2 is 1.81 bits per heavy atom. The molecule has 0 fully saturated rings. The molecule has 0 bridgehead atoms. The normalized spacial score (nSPS) is 11.0. The van der Waals surface area contributed by atoms with E-state index in [1.165, 1.54) is 28.4 Å². The minimum atomic E-state index is -0.338. The van der Waals surface area contributed by atoms with Gasteiger partial charge in [-0.1, -0.05) is 47.7 Å². The first kappa shape index (κ1) is 20.1. The highest BCUT2D eigenvalue weighted by molar-refractivity contribution is 7.22. The maximum atomic E-state index is 13.6. The van der Waals surface area contributed by atoms with Gasteiger partial charge in [0.1, 0.15) is 11.6 Å². The van der Waals surface area contributed by atoms with Gasteiger partial charge in [0.05, 0.1) is 22.5 Å². The van der Waals surface area contributed by atoms with Crippen LogP contribution in [0.5, 0.6) is 5.75 Å². The Kier molecular flexibility index (Phi) is 5.47. The molecule has 0 aliphatic rings. The van der Waals surface area contributed by atoms with Gasteiger partial charge in [0.25, 0.3) is 5.91 Å². The third-order valence-electron chi connectivity index (χ3n) is 5.00. The number of amides is 1. The fourth-order valence-corrected chi connectivity index (χ4v) is 4.41. The molecule has 0 radical (unpaired) electrons. The summed E-state index contributed by atoms with van der Waals surface area (Å²) in [6.07, 6.45) is 1.68. The second kappa shape index (κ2) is 8.72. The second-order valence-electron chi connectivity index (χ2n) is 7.21. The summed E-state index contributed by atoms with van der Waals surface area (Å²) in [4.78, 5) is 23.6. The molecule has 0 aliphatic heterocycles. The van der Waals surface area contributed by atoms with Crippen molar-refractivity contribution in [2.45, 2.75) is 6.54 Å². The molecule has 2 heterocycles. The highest BCUT2D eigenvalue weighted by atomic mass is 32.1. The number of nitrogens with zero attached hydrogens (tertiary/aromatic N) is 3. The van der Waals surface area contributed by atoms with E-state index in [0.717, 1.165) is 16.5 Å². The fourth-order valence-electron chi connectivity index (χ4n) is 3.40. The number of fused-ring (bicyclic) bond motifs is 2. The van der Waals surface area contributed by atoms with Crippen LogP contribution in [-0.4, -0.2) is 22.5 Å². The number of halogens is 1. The predicted octanol–water partition coefficient (Wildman–Crippen LogP) is 5.60. The van der Waals surface area contributed by atoms with Crippen molar-refractivity contribution in [3.63, 3.8) is 0 Å². The summed E-state index contributed by atoms with van der Waals surface area (Å²) in [7, 11) is 0. The molecular formula is C25H18FN3O2S. The highest BCUT2D eigenvalue weighted by Crippen LogP contribution is 2.30. The standard InChI is InChI=1S/C25H18FN3O2S/c26-19-9-11-22-23(14-19)32-25(28-22)29(15-20-7-3-4-12-27-20)24(30)16-31-21-10-8-17-5-1-2-6-18(17)13-21/h1-14H,15-16H2. The quantitative estimate of drug-likeness (QED) is 0.343. The SMILES string of the molecule is O=C(COc1ccc2ccccc2c1)N(Cc1ccccn1)c1nc2ccc(F)cc2s1. The van der Waals surface area contributed by atoms with Crippen LogP contribution in [0.3, 0.4) is 0 Å². The first-order chi connectivity index (χ1) is 15.7. The van der Waals surface area contributed by atoms with Crippen molar-refractivity contribution in [1.29, 1.82) is 0 Å². The minimum Gasteiger partial charge on any atom is -0.484 e. The van der Waals surface area contributed by atoms with Gasteiger partial charge in [0, 0.05) is 6.20 Å². The third-order valence-corrected chi connectivity index (χ3v) is 6.04. The van der Waals surface area contributed by atoms with Crippen LogP contribution in [0.15, 0.2) is 85.1 Å². The van der Waals surface area contributed by atoms with Gasteiger partial charge in [0.2, 0.25) is 0 Å². The molecular weight excluding hydrogens is 425 g/mol. The Labute approximate surface area is 187 Å².